The van der Waals surface area contributed by atoms with Gasteiger partial charge in [0.1, 0.15) is 11.7 Å². The topological polar surface area (TPSA) is 73.3 Å². The average molecular weight is 339 g/mol. The van der Waals surface area contributed by atoms with Gasteiger partial charge in [0, 0.05) is 29.8 Å². The number of hydrogen-bond donors (Lipinski definition) is 0. The highest BCUT2D eigenvalue weighted by molar-refractivity contribution is 6.01. The molecule has 25 heavy (non-hydrogen) atoms. The lowest BCUT2D eigenvalue weighted by Gasteiger charge is -2.23. The zero-order chi connectivity index (χ0) is 18.2. The summed E-state index contributed by atoms with van der Waals surface area (Å²) in [5, 5.41) is 0. The minimum Gasteiger partial charge on any atom is -0.465 e. The van der Waals surface area contributed by atoms with Crippen LogP contribution in [0.5, 0.6) is 0 Å². The lowest BCUT2D eigenvalue weighted by atomic mass is 9.81. The maximum Gasteiger partial charge on any atom is 0.317 e. The molecule has 0 N–H and O–H groups in total. The van der Waals surface area contributed by atoms with E-state index >= 15 is 0 Å². The Morgan fingerprint density at radius 2 is 1.72 bits per heavy atom. The third kappa shape index (κ3) is 4.83. The Balaban J connectivity index is 2.37. The number of benzene rings is 1. The van der Waals surface area contributed by atoms with Crippen molar-refractivity contribution in [2.24, 2.45) is 5.92 Å². The summed E-state index contributed by atoms with van der Waals surface area (Å²) in [6.07, 6.45) is 1.59. The molecule has 1 aromatic carbocycles. The quantitative estimate of drug-likeness (QED) is 0.419. The molecule has 1 aromatic heterocycles. The van der Waals surface area contributed by atoms with Gasteiger partial charge in [-0.25, -0.2) is 0 Å². The molecule has 2 rings (SSSR count). The number of ketones is 2. The summed E-state index contributed by atoms with van der Waals surface area (Å²) in [4.78, 5) is 41.4. The van der Waals surface area contributed by atoms with Crippen LogP contribution in [0.15, 0.2) is 54.7 Å². The number of ether oxygens (including phenoxy) is 1. The highest BCUT2D eigenvalue weighted by atomic mass is 16.5. The predicted octanol–water partition coefficient (Wildman–Crippen LogP) is 3.21. The molecule has 0 fully saturated rings. The van der Waals surface area contributed by atoms with Crippen molar-refractivity contribution < 1.29 is 19.1 Å². The van der Waals surface area contributed by atoms with E-state index in [2.05, 4.69) is 4.98 Å². The van der Waals surface area contributed by atoms with Gasteiger partial charge in [-0.3, -0.25) is 19.4 Å². The number of nitrogens with zero attached hydrogens (tertiary/aromatic N) is 1. The third-order valence-electron chi connectivity index (χ3n) is 3.95. The summed E-state index contributed by atoms with van der Waals surface area (Å²) >= 11 is 0. The summed E-state index contributed by atoms with van der Waals surface area (Å²) in [7, 11) is 0. The minimum atomic E-state index is -1.05. The molecular weight excluding hydrogens is 318 g/mol. The van der Waals surface area contributed by atoms with Crippen LogP contribution in [-0.2, 0) is 14.3 Å². The van der Waals surface area contributed by atoms with Gasteiger partial charge >= 0.3 is 5.97 Å². The van der Waals surface area contributed by atoms with Gasteiger partial charge in [-0.1, -0.05) is 36.4 Å². The maximum atomic E-state index is 12.6. The van der Waals surface area contributed by atoms with Crippen molar-refractivity contribution in [1.82, 2.24) is 4.98 Å². The van der Waals surface area contributed by atoms with Crippen LogP contribution < -0.4 is 0 Å². The molecule has 1 heterocycles. The monoisotopic (exact) mass is 339 g/mol. The summed E-state index contributed by atoms with van der Waals surface area (Å²) < 4.78 is 5.06. The molecule has 0 aliphatic carbocycles. The van der Waals surface area contributed by atoms with Gasteiger partial charge in [0.05, 0.1) is 6.61 Å². The standard InChI is InChI=1S/C20H21NO4/c1-3-25-20(24)19(14(2)22)16(17-11-7-8-12-21-17)13-18(23)15-9-5-4-6-10-15/h4-12,16,19H,3,13H2,1-2H3. The second-order valence-electron chi connectivity index (χ2n) is 5.69. The van der Waals surface area contributed by atoms with Crippen molar-refractivity contribution in [1.29, 1.82) is 0 Å². The molecule has 2 aromatic rings. The van der Waals surface area contributed by atoms with Crippen LogP contribution >= 0.6 is 0 Å². The highest BCUT2D eigenvalue weighted by Gasteiger charge is 2.36. The first kappa shape index (κ1) is 18.5. The Labute approximate surface area is 147 Å². The van der Waals surface area contributed by atoms with Gasteiger partial charge in [0.15, 0.2) is 5.78 Å². The third-order valence-corrected chi connectivity index (χ3v) is 3.95. The fraction of sp³-hybridized carbons (Fsp3) is 0.300. The number of pyridine rings is 1. The van der Waals surface area contributed by atoms with Crippen LogP contribution in [0.25, 0.3) is 0 Å². The van der Waals surface area contributed by atoms with E-state index in [1.165, 1.54) is 6.92 Å². The molecule has 0 amide bonds. The van der Waals surface area contributed by atoms with Crippen molar-refractivity contribution in [2.45, 2.75) is 26.2 Å². The fourth-order valence-corrected chi connectivity index (χ4v) is 2.78. The Hall–Kier alpha value is -2.82. The molecule has 2 unspecified atom stereocenters. The Kier molecular flexibility index (Phi) is 6.57. The summed E-state index contributed by atoms with van der Waals surface area (Å²) in [5.74, 6) is -2.82. The van der Waals surface area contributed by atoms with E-state index in [4.69, 9.17) is 4.74 Å². The number of rotatable bonds is 8. The highest BCUT2D eigenvalue weighted by Crippen LogP contribution is 2.30. The molecule has 0 bridgehead atoms. The van der Waals surface area contributed by atoms with Crippen LogP contribution in [0, 0.1) is 5.92 Å². The van der Waals surface area contributed by atoms with Crippen molar-refractivity contribution in [2.75, 3.05) is 6.61 Å². The Morgan fingerprint density at radius 3 is 2.28 bits per heavy atom. The van der Waals surface area contributed by atoms with Crippen molar-refractivity contribution in [3.63, 3.8) is 0 Å². The van der Waals surface area contributed by atoms with E-state index in [9.17, 15) is 14.4 Å². The van der Waals surface area contributed by atoms with Gasteiger partial charge < -0.3 is 4.74 Å². The average Bonchev–Trinajstić information content (AvgIpc) is 2.62. The van der Waals surface area contributed by atoms with Gasteiger partial charge in [0.25, 0.3) is 0 Å². The molecule has 130 valence electrons. The Bertz CT molecular complexity index is 728. The number of carbonyl (C=O) groups is 3. The summed E-state index contributed by atoms with van der Waals surface area (Å²) in [6.45, 7) is 3.19. The molecule has 0 spiro atoms. The molecule has 5 nitrogen and oxygen atoms in total. The van der Waals surface area contributed by atoms with E-state index in [-0.39, 0.29) is 24.6 Å². The lowest BCUT2D eigenvalue weighted by molar-refractivity contribution is -0.152. The number of carbonyl (C=O) groups excluding carboxylic acids is 3. The van der Waals surface area contributed by atoms with Gasteiger partial charge in [-0.2, -0.15) is 0 Å². The van der Waals surface area contributed by atoms with Crippen LogP contribution in [0.4, 0.5) is 0 Å². The molecule has 0 saturated carbocycles. The van der Waals surface area contributed by atoms with Crippen molar-refractivity contribution >= 4 is 17.5 Å². The number of esters is 1. The molecule has 5 heteroatoms. The van der Waals surface area contributed by atoms with E-state index < -0.39 is 17.8 Å². The molecular formula is C20H21NO4. The SMILES string of the molecule is CCOC(=O)C(C(C)=O)C(CC(=O)c1ccccc1)c1ccccn1. The summed E-state index contributed by atoms with van der Waals surface area (Å²) in [5.41, 5.74) is 1.06. The predicted molar refractivity (Wildman–Crippen MR) is 93.2 cm³/mol. The van der Waals surface area contributed by atoms with E-state index in [0.717, 1.165) is 0 Å². The van der Waals surface area contributed by atoms with Crippen LogP contribution in [0.3, 0.4) is 0 Å². The largest absolute Gasteiger partial charge is 0.465 e. The molecule has 0 aliphatic rings. The molecule has 0 saturated heterocycles. The van der Waals surface area contributed by atoms with Crippen LogP contribution in [0.2, 0.25) is 0 Å². The second-order valence-corrected chi connectivity index (χ2v) is 5.69. The van der Waals surface area contributed by atoms with Crippen molar-refractivity contribution in [3.05, 3.63) is 66.0 Å². The number of hydrogen-bond acceptors (Lipinski definition) is 5. The van der Waals surface area contributed by atoms with E-state index in [0.29, 0.717) is 11.3 Å². The lowest BCUT2D eigenvalue weighted by Crippen LogP contribution is -2.32. The van der Waals surface area contributed by atoms with Crippen LogP contribution in [0.1, 0.15) is 42.2 Å². The first-order valence-corrected chi connectivity index (χ1v) is 8.20. The number of aromatic nitrogens is 1. The van der Waals surface area contributed by atoms with E-state index in [1.54, 1.807) is 55.6 Å². The Morgan fingerprint density at radius 1 is 1.04 bits per heavy atom. The first-order valence-electron chi connectivity index (χ1n) is 8.20. The molecule has 0 aliphatic heterocycles. The van der Waals surface area contributed by atoms with Gasteiger partial charge in [0.2, 0.25) is 0 Å². The molecule has 2 atom stereocenters. The van der Waals surface area contributed by atoms with Crippen LogP contribution in [-0.4, -0.2) is 29.1 Å². The first-order chi connectivity index (χ1) is 12.0. The zero-order valence-electron chi connectivity index (χ0n) is 14.3. The number of Topliss-reactive ketones (excluding diaryl/α,β-unsaturated/α-hetero) is 2. The van der Waals surface area contributed by atoms with Gasteiger partial charge in [-0.15, -0.1) is 0 Å². The summed E-state index contributed by atoms with van der Waals surface area (Å²) in [6, 6.07) is 14.0. The van der Waals surface area contributed by atoms with Gasteiger partial charge in [-0.05, 0) is 26.0 Å². The minimum absolute atomic E-state index is 0.00406. The smallest absolute Gasteiger partial charge is 0.317 e. The van der Waals surface area contributed by atoms with E-state index in [1.807, 2.05) is 6.07 Å². The maximum absolute atomic E-state index is 12.6. The second kappa shape index (κ2) is 8.87. The molecule has 0 radical (unpaired) electrons. The van der Waals surface area contributed by atoms with Crippen molar-refractivity contribution in [3.8, 4) is 0 Å². The fourth-order valence-electron chi connectivity index (χ4n) is 2.78. The zero-order valence-corrected chi connectivity index (χ0v) is 14.3. The normalized spacial score (nSPS) is 12.9.